The van der Waals surface area contributed by atoms with Gasteiger partial charge in [-0.3, -0.25) is 0 Å². The van der Waals surface area contributed by atoms with Crippen molar-refractivity contribution in [3.8, 4) is 0 Å². The number of likely N-dealkylation sites (N-methyl/N-ethyl adjacent to an activating group) is 1. The van der Waals surface area contributed by atoms with E-state index < -0.39 is 21.8 Å². The van der Waals surface area contributed by atoms with Crippen LogP contribution in [0, 0.1) is 0 Å². The van der Waals surface area contributed by atoms with Crippen LogP contribution >= 0.6 is 0 Å². The van der Waals surface area contributed by atoms with Gasteiger partial charge in [-0.2, -0.15) is 17.5 Å². The molecule has 2 fully saturated rings. The van der Waals surface area contributed by atoms with E-state index in [0.717, 1.165) is 12.3 Å². The molecule has 2 saturated heterocycles. The molecule has 0 radical (unpaired) electrons. The lowest BCUT2D eigenvalue weighted by Gasteiger charge is -2.36. The summed E-state index contributed by atoms with van der Waals surface area (Å²) in [6.45, 7) is 4.65. The van der Waals surface area contributed by atoms with Crippen LogP contribution in [0.2, 0.25) is 0 Å². The summed E-state index contributed by atoms with van der Waals surface area (Å²) in [5, 5.41) is 0. The zero-order chi connectivity index (χ0) is 22.9. The molecule has 0 atom stereocenters. The Hall–Kier alpha value is -2.44. The van der Waals surface area contributed by atoms with E-state index in [2.05, 4.69) is 14.9 Å². The minimum absolute atomic E-state index is 0.179. The Morgan fingerprint density at radius 1 is 0.781 bits per heavy atom. The minimum Gasteiger partial charge on any atom is -0.353 e. The summed E-state index contributed by atoms with van der Waals surface area (Å²) < 4.78 is 65.3. The van der Waals surface area contributed by atoms with E-state index >= 15 is 0 Å². The maximum absolute atomic E-state index is 12.8. The standard InChI is InChI=1S/C20H25F3N6O2S/c1-26-6-12-29(13-7-26)32(30,31)17-3-5-19(25-15-17)28-10-8-27(9-11-28)18-4-2-16(14-24-18)20(21,22)23/h2-5,14-15H,6-13H2,1H3. The maximum Gasteiger partial charge on any atom is 0.417 e. The molecule has 0 bridgehead atoms. The first-order valence-electron chi connectivity index (χ1n) is 10.3. The Balaban J connectivity index is 1.37. The summed E-state index contributed by atoms with van der Waals surface area (Å²) in [5.41, 5.74) is -0.768. The second-order valence-corrected chi connectivity index (χ2v) is 9.87. The third-order valence-electron chi connectivity index (χ3n) is 5.82. The zero-order valence-electron chi connectivity index (χ0n) is 17.7. The first-order valence-corrected chi connectivity index (χ1v) is 11.8. The Bertz CT molecular complexity index is 1010. The number of sulfonamides is 1. The number of piperazine rings is 2. The fraction of sp³-hybridized carbons (Fsp3) is 0.500. The average molecular weight is 471 g/mol. The first-order chi connectivity index (χ1) is 15.1. The first kappa shape index (κ1) is 22.7. The van der Waals surface area contributed by atoms with Gasteiger partial charge in [-0.05, 0) is 31.3 Å². The Morgan fingerprint density at radius 3 is 1.75 bits per heavy atom. The highest BCUT2D eigenvalue weighted by Gasteiger charge is 2.31. The van der Waals surface area contributed by atoms with Gasteiger partial charge in [0.25, 0.3) is 0 Å². The van der Waals surface area contributed by atoms with Crippen LogP contribution in [0.5, 0.6) is 0 Å². The molecular weight excluding hydrogens is 445 g/mol. The van der Waals surface area contributed by atoms with E-state index in [1.807, 2.05) is 16.8 Å². The molecule has 0 aliphatic carbocycles. The number of hydrogen-bond donors (Lipinski definition) is 0. The Kier molecular flexibility index (Phi) is 6.28. The smallest absolute Gasteiger partial charge is 0.353 e. The van der Waals surface area contributed by atoms with Crippen molar-refractivity contribution in [2.75, 3.05) is 69.2 Å². The highest BCUT2D eigenvalue weighted by molar-refractivity contribution is 7.89. The van der Waals surface area contributed by atoms with E-state index in [4.69, 9.17) is 0 Å². The summed E-state index contributed by atoms with van der Waals surface area (Å²) in [7, 11) is -1.60. The topological polar surface area (TPSA) is 72.9 Å². The predicted molar refractivity (Wildman–Crippen MR) is 114 cm³/mol. The summed E-state index contributed by atoms with van der Waals surface area (Å²) in [5.74, 6) is 1.17. The quantitative estimate of drug-likeness (QED) is 0.674. The molecule has 0 unspecified atom stereocenters. The number of hydrogen-bond acceptors (Lipinski definition) is 7. The van der Waals surface area contributed by atoms with Crippen LogP contribution in [-0.4, -0.2) is 87.0 Å². The lowest BCUT2D eigenvalue weighted by atomic mass is 10.2. The van der Waals surface area contributed by atoms with Gasteiger partial charge in [0.05, 0.1) is 5.56 Å². The van der Waals surface area contributed by atoms with E-state index in [1.165, 1.54) is 16.6 Å². The van der Waals surface area contributed by atoms with Gasteiger partial charge in [0.1, 0.15) is 16.5 Å². The van der Waals surface area contributed by atoms with Gasteiger partial charge in [-0.15, -0.1) is 0 Å². The highest BCUT2D eigenvalue weighted by Crippen LogP contribution is 2.29. The third kappa shape index (κ3) is 4.81. The largest absolute Gasteiger partial charge is 0.417 e. The summed E-state index contributed by atoms with van der Waals surface area (Å²) >= 11 is 0. The van der Waals surface area contributed by atoms with Crippen LogP contribution in [-0.2, 0) is 16.2 Å². The SMILES string of the molecule is CN1CCN(S(=O)(=O)c2ccc(N3CCN(c4ccc(C(F)(F)F)cn4)CC3)nc2)CC1. The van der Waals surface area contributed by atoms with Gasteiger partial charge < -0.3 is 14.7 Å². The molecule has 32 heavy (non-hydrogen) atoms. The van der Waals surface area contributed by atoms with Gasteiger partial charge in [-0.25, -0.2) is 18.4 Å². The molecule has 0 N–H and O–H groups in total. The van der Waals surface area contributed by atoms with Crippen molar-refractivity contribution in [2.24, 2.45) is 0 Å². The van der Waals surface area contributed by atoms with Crippen molar-refractivity contribution >= 4 is 21.7 Å². The molecule has 0 saturated carbocycles. The van der Waals surface area contributed by atoms with Gasteiger partial charge in [0.15, 0.2) is 0 Å². The monoisotopic (exact) mass is 470 g/mol. The molecule has 2 aliphatic rings. The second kappa shape index (κ2) is 8.83. The van der Waals surface area contributed by atoms with Crippen LogP contribution in [0.15, 0.2) is 41.6 Å². The maximum atomic E-state index is 12.8. The molecule has 4 heterocycles. The van der Waals surface area contributed by atoms with Crippen LogP contribution < -0.4 is 9.80 Å². The Morgan fingerprint density at radius 2 is 1.31 bits per heavy atom. The predicted octanol–water partition coefficient (Wildman–Crippen LogP) is 1.76. The lowest BCUT2D eigenvalue weighted by molar-refractivity contribution is -0.137. The van der Waals surface area contributed by atoms with Crippen molar-refractivity contribution in [3.63, 3.8) is 0 Å². The molecule has 2 aromatic heterocycles. The number of nitrogens with zero attached hydrogens (tertiary/aromatic N) is 6. The van der Waals surface area contributed by atoms with Crippen LogP contribution in [0.3, 0.4) is 0 Å². The Labute approximate surface area is 185 Å². The van der Waals surface area contributed by atoms with Crippen molar-refractivity contribution in [1.29, 1.82) is 0 Å². The number of anilines is 2. The fourth-order valence-electron chi connectivity index (χ4n) is 3.80. The summed E-state index contributed by atoms with van der Waals surface area (Å²) in [6.07, 6.45) is -2.16. The third-order valence-corrected chi connectivity index (χ3v) is 7.71. The molecule has 174 valence electrons. The van der Waals surface area contributed by atoms with Crippen molar-refractivity contribution in [3.05, 3.63) is 42.2 Å². The summed E-state index contributed by atoms with van der Waals surface area (Å²) in [6, 6.07) is 5.71. The molecular formula is C20H25F3N6O2S. The van der Waals surface area contributed by atoms with Crippen molar-refractivity contribution in [1.82, 2.24) is 19.2 Å². The van der Waals surface area contributed by atoms with Crippen LogP contribution in [0.4, 0.5) is 24.8 Å². The minimum atomic E-state index is -4.40. The van der Waals surface area contributed by atoms with Gasteiger partial charge in [0, 0.05) is 64.8 Å². The van der Waals surface area contributed by atoms with E-state index in [0.29, 0.717) is 64.0 Å². The molecule has 2 aromatic rings. The number of alkyl halides is 3. The highest BCUT2D eigenvalue weighted by atomic mass is 32.2. The molecule has 0 spiro atoms. The fourth-order valence-corrected chi connectivity index (χ4v) is 5.16. The molecule has 0 aromatic carbocycles. The van der Waals surface area contributed by atoms with Gasteiger partial charge >= 0.3 is 6.18 Å². The second-order valence-electron chi connectivity index (χ2n) is 7.94. The normalized spacial score (nSPS) is 19.4. The van der Waals surface area contributed by atoms with Crippen LogP contribution in [0.1, 0.15) is 5.56 Å². The number of halogens is 3. The van der Waals surface area contributed by atoms with Crippen LogP contribution in [0.25, 0.3) is 0 Å². The molecule has 0 amide bonds. The lowest BCUT2D eigenvalue weighted by Crippen LogP contribution is -2.47. The molecule has 4 rings (SSSR count). The molecule has 12 heteroatoms. The van der Waals surface area contributed by atoms with Gasteiger partial charge in [0.2, 0.25) is 10.0 Å². The average Bonchev–Trinajstić information content (AvgIpc) is 2.79. The van der Waals surface area contributed by atoms with Crippen molar-refractivity contribution in [2.45, 2.75) is 11.1 Å². The van der Waals surface area contributed by atoms with E-state index in [1.54, 1.807) is 12.1 Å². The van der Waals surface area contributed by atoms with Crippen molar-refractivity contribution < 1.29 is 21.6 Å². The number of pyridine rings is 2. The summed E-state index contributed by atoms with van der Waals surface area (Å²) in [4.78, 5) is 14.5. The van der Waals surface area contributed by atoms with Gasteiger partial charge in [-0.1, -0.05) is 0 Å². The molecule has 8 nitrogen and oxygen atoms in total. The number of rotatable bonds is 4. The van der Waals surface area contributed by atoms with E-state index in [9.17, 15) is 21.6 Å². The van der Waals surface area contributed by atoms with E-state index in [-0.39, 0.29) is 4.90 Å². The molecule has 2 aliphatic heterocycles. The zero-order valence-corrected chi connectivity index (χ0v) is 18.5. The number of aromatic nitrogens is 2.